The van der Waals surface area contributed by atoms with Gasteiger partial charge in [0.15, 0.2) is 0 Å². The van der Waals surface area contributed by atoms with E-state index in [4.69, 9.17) is 39.5 Å². The zero-order valence-electron chi connectivity index (χ0n) is 17.6. The fourth-order valence-electron chi connectivity index (χ4n) is 3.62. The van der Waals surface area contributed by atoms with Crippen molar-refractivity contribution in [1.29, 1.82) is 0 Å². The molecule has 0 bridgehead atoms. The number of thiophene rings is 1. The van der Waals surface area contributed by atoms with Crippen LogP contribution < -0.4 is 4.74 Å². The zero-order valence-corrected chi connectivity index (χ0v) is 20.7. The van der Waals surface area contributed by atoms with Crippen LogP contribution in [0.15, 0.2) is 47.8 Å². The first-order valence-corrected chi connectivity index (χ1v) is 12.3. The summed E-state index contributed by atoms with van der Waals surface area (Å²) in [7, 11) is 0. The summed E-state index contributed by atoms with van der Waals surface area (Å²) in [6.45, 7) is 5.95. The highest BCUT2D eigenvalue weighted by Crippen LogP contribution is 2.28. The van der Waals surface area contributed by atoms with Gasteiger partial charge in [0.05, 0.1) is 9.90 Å². The quantitative estimate of drug-likeness (QED) is 0.377. The molecule has 8 heteroatoms. The van der Waals surface area contributed by atoms with Crippen LogP contribution in [0.4, 0.5) is 0 Å². The van der Waals surface area contributed by atoms with Gasteiger partial charge in [0.1, 0.15) is 12.4 Å². The lowest BCUT2D eigenvalue weighted by Gasteiger charge is -2.34. The van der Waals surface area contributed by atoms with Gasteiger partial charge in [0.2, 0.25) is 0 Å². The van der Waals surface area contributed by atoms with E-state index in [2.05, 4.69) is 4.90 Å². The average molecular weight is 510 g/mol. The molecule has 0 atom stereocenters. The number of carbonyl (C=O) groups is 1. The Balaban J connectivity index is 1.31. The van der Waals surface area contributed by atoms with Crippen LogP contribution in [0.5, 0.6) is 5.75 Å². The van der Waals surface area contributed by atoms with Crippen molar-refractivity contribution in [2.45, 2.75) is 20.1 Å². The fraction of sp³-hybridized carbons (Fsp3) is 0.292. The highest BCUT2D eigenvalue weighted by Gasteiger charge is 2.24. The van der Waals surface area contributed by atoms with Gasteiger partial charge in [0.25, 0.3) is 5.91 Å². The number of hydrogen-bond donors (Lipinski definition) is 0. The summed E-state index contributed by atoms with van der Waals surface area (Å²) < 4.78 is 5.85. The van der Waals surface area contributed by atoms with Crippen LogP contribution in [-0.4, -0.2) is 41.9 Å². The van der Waals surface area contributed by atoms with Gasteiger partial charge >= 0.3 is 0 Å². The number of carbonyl (C=O) groups excluding carboxylic acids is 1. The van der Waals surface area contributed by atoms with E-state index in [1.807, 2.05) is 59.7 Å². The van der Waals surface area contributed by atoms with Crippen LogP contribution in [-0.2, 0) is 13.2 Å². The number of ether oxygens (including phenoxy) is 1. The Kier molecular flexibility index (Phi) is 7.64. The van der Waals surface area contributed by atoms with Gasteiger partial charge in [-0.25, -0.2) is 0 Å². The summed E-state index contributed by atoms with van der Waals surface area (Å²) in [4.78, 5) is 17.9. The molecule has 1 aliphatic heterocycles. The van der Waals surface area contributed by atoms with E-state index in [1.165, 1.54) is 11.3 Å². The maximum atomic E-state index is 13.0. The lowest BCUT2D eigenvalue weighted by molar-refractivity contribution is 0.0633. The van der Waals surface area contributed by atoms with Crippen molar-refractivity contribution in [2.24, 2.45) is 0 Å². The number of aryl methyl sites for hydroxylation is 1. The molecule has 4 rings (SSSR count). The largest absolute Gasteiger partial charge is 0.487 e. The lowest BCUT2D eigenvalue weighted by atomic mass is 10.2. The second kappa shape index (κ2) is 10.4. The van der Waals surface area contributed by atoms with Crippen LogP contribution in [0.2, 0.25) is 15.1 Å². The first kappa shape index (κ1) is 23.4. The molecule has 2 aromatic carbocycles. The topological polar surface area (TPSA) is 32.8 Å². The van der Waals surface area contributed by atoms with Gasteiger partial charge in [-0.3, -0.25) is 9.69 Å². The number of amides is 1. The van der Waals surface area contributed by atoms with E-state index in [0.717, 1.165) is 34.7 Å². The minimum atomic E-state index is 0.0604. The van der Waals surface area contributed by atoms with E-state index in [1.54, 1.807) is 0 Å². The molecule has 4 nitrogen and oxygen atoms in total. The smallest absolute Gasteiger partial charge is 0.264 e. The molecular formula is C24H23Cl3N2O2S. The van der Waals surface area contributed by atoms with Gasteiger partial charge in [-0.15, -0.1) is 11.3 Å². The Labute approximate surface area is 207 Å². The highest BCUT2D eigenvalue weighted by atomic mass is 35.5. The predicted octanol–water partition coefficient (Wildman–Crippen LogP) is 6.55. The Morgan fingerprint density at radius 1 is 1.00 bits per heavy atom. The van der Waals surface area contributed by atoms with Gasteiger partial charge < -0.3 is 9.64 Å². The molecule has 0 unspecified atom stereocenters. The molecule has 1 saturated heterocycles. The monoisotopic (exact) mass is 508 g/mol. The van der Waals surface area contributed by atoms with Crippen LogP contribution in [0.25, 0.3) is 0 Å². The van der Waals surface area contributed by atoms with Gasteiger partial charge in [-0.2, -0.15) is 0 Å². The molecule has 168 valence electrons. The number of halogens is 3. The molecule has 1 aromatic heterocycles. The average Bonchev–Trinajstić information content (AvgIpc) is 3.26. The SMILES string of the molecule is Cc1ccc(Cl)c(OCc2csc(C(=O)N3CCN(Cc4c(Cl)cccc4Cl)CC3)c2)c1. The molecule has 0 aliphatic carbocycles. The standard InChI is InChI=1S/C24H23Cl3N2O2S/c1-16-5-6-21(27)22(11-16)31-14-17-12-23(32-15-17)24(30)29-9-7-28(8-10-29)13-18-19(25)3-2-4-20(18)26/h2-6,11-12,15H,7-10,13-14H2,1H3. The van der Waals surface area contributed by atoms with Crippen LogP contribution in [0, 0.1) is 6.92 Å². The summed E-state index contributed by atoms with van der Waals surface area (Å²) in [5, 5.41) is 3.90. The maximum Gasteiger partial charge on any atom is 0.264 e. The molecule has 3 aromatic rings. The van der Waals surface area contributed by atoms with Crippen molar-refractivity contribution >= 4 is 52.0 Å². The van der Waals surface area contributed by atoms with Crippen molar-refractivity contribution in [1.82, 2.24) is 9.80 Å². The summed E-state index contributed by atoms with van der Waals surface area (Å²) in [6.07, 6.45) is 0. The number of piperazine rings is 1. The highest BCUT2D eigenvalue weighted by molar-refractivity contribution is 7.12. The summed E-state index contributed by atoms with van der Waals surface area (Å²) in [5.41, 5.74) is 2.98. The number of nitrogens with zero attached hydrogens (tertiary/aromatic N) is 2. The van der Waals surface area contributed by atoms with Gasteiger partial charge in [-0.05, 0) is 48.2 Å². The molecule has 2 heterocycles. The third-order valence-corrected chi connectivity index (χ3v) is 7.44. The third kappa shape index (κ3) is 5.59. The second-order valence-corrected chi connectivity index (χ2v) is 9.94. The normalized spacial score (nSPS) is 14.6. The number of benzene rings is 2. The predicted molar refractivity (Wildman–Crippen MR) is 132 cm³/mol. The Hall–Kier alpha value is -1.76. The van der Waals surface area contributed by atoms with Crippen LogP contribution >= 0.6 is 46.1 Å². The molecule has 1 fully saturated rings. The second-order valence-electron chi connectivity index (χ2n) is 7.81. The van der Waals surface area contributed by atoms with Crippen molar-refractivity contribution in [3.8, 4) is 5.75 Å². The first-order valence-electron chi connectivity index (χ1n) is 10.3. The molecule has 32 heavy (non-hydrogen) atoms. The molecule has 1 aliphatic rings. The maximum absolute atomic E-state index is 13.0. The van der Waals surface area contributed by atoms with Crippen molar-refractivity contribution in [3.63, 3.8) is 0 Å². The van der Waals surface area contributed by atoms with Crippen molar-refractivity contribution < 1.29 is 9.53 Å². The Bertz CT molecular complexity index is 1090. The molecule has 0 spiro atoms. The van der Waals surface area contributed by atoms with Gasteiger partial charge in [0, 0.05) is 53.9 Å². The lowest BCUT2D eigenvalue weighted by Crippen LogP contribution is -2.48. The summed E-state index contributed by atoms with van der Waals surface area (Å²) in [6, 6.07) is 13.2. The van der Waals surface area contributed by atoms with Crippen LogP contribution in [0.3, 0.4) is 0 Å². The van der Waals surface area contributed by atoms with E-state index in [9.17, 15) is 4.79 Å². The summed E-state index contributed by atoms with van der Waals surface area (Å²) >= 11 is 20.2. The number of rotatable bonds is 6. The fourth-order valence-corrected chi connectivity index (χ4v) is 5.17. The molecule has 0 N–H and O–H groups in total. The van der Waals surface area contributed by atoms with Gasteiger partial charge in [-0.1, -0.05) is 46.9 Å². The first-order chi connectivity index (χ1) is 15.4. The van der Waals surface area contributed by atoms with Crippen molar-refractivity contribution in [2.75, 3.05) is 26.2 Å². The number of hydrogen-bond acceptors (Lipinski definition) is 4. The molecule has 1 amide bonds. The Morgan fingerprint density at radius 3 is 2.44 bits per heavy atom. The summed E-state index contributed by atoms with van der Waals surface area (Å²) in [5.74, 6) is 0.714. The molecular weight excluding hydrogens is 487 g/mol. The van der Waals surface area contributed by atoms with E-state index < -0.39 is 0 Å². The van der Waals surface area contributed by atoms with E-state index in [0.29, 0.717) is 47.1 Å². The minimum absolute atomic E-state index is 0.0604. The molecule has 0 radical (unpaired) electrons. The molecule has 0 saturated carbocycles. The minimum Gasteiger partial charge on any atom is -0.487 e. The van der Waals surface area contributed by atoms with Crippen molar-refractivity contribution in [3.05, 3.63) is 84.5 Å². The Morgan fingerprint density at radius 2 is 1.72 bits per heavy atom. The van der Waals surface area contributed by atoms with E-state index in [-0.39, 0.29) is 5.91 Å². The van der Waals surface area contributed by atoms with Crippen LogP contribution in [0.1, 0.15) is 26.4 Å². The zero-order chi connectivity index (χ0) is 22.7. The third-order valence-electron chi connectivity index (χ3n) is 5.45. The van der Waals surface area contributed by atoms with E-state index >= 15 is 0 Å².